The van der Waals surface area contributed by atoms with Gasteiger partial charge >= 0.3 is 5.97 Å². The van der Waals surface area contributed by atoms with Crippen LogP contribution in [0.5, 0.6) is 5.75 Å². The summed E-state index contributed by atoms with van der Waals surface area (Å²) < 4.78 is 4.75. The molecule has 0 unspecified atom stereocenters. The Labute approximate surface area is 98.4 Å². The third-order valence-electron chi connectivity index (χ3n) is 2.57. The third kappa shape index (κ3) is 2.96. The average Bonchev–Trinajstić information content (AvgIpc) is 2.68. The largest absolute Gasteiger partial charge is 0.508 e. The third-order valence-corrected chi connectivity index (χ3v) is 2.57. The van der Waals surface area contributed by atoms with E-state index in [4.69, 9.17) is 9.84 Å². The molecular formula is C12H13NO4. The van der Waals surface area contributed by atoms with Crippen LogP contribution in [0.4, 0.5) is 0 Å². The molecule has 0 bridgehead atoms. The van der Waals surface area contributed by atoms with E-state index in [9.17, 15) is 9.59 Å². The van der Waals surface area contributed by atoms with Crippen molar-refractivity contribution in [3.8, 4) is 5.75 Å². The molecule has 2 rings (SSSR count). The minimum atomic E-state index is -0.514. The van der Waals surface area contributed by atoms with Gasteiger partial charge in [-0.15, -0.1) is 0 Å². The first-order chi connectivity index (χ1) is 8.15. The molecule has 1 saturated heterocycles. The zero-order valence-corrected chi connectivity index (χ0v) is 9.18. The predicted octanol–water partition coefficient (Wildman–Crippen LogP) is 0.366. The molecule has 1 heterocycles. The monoisotopic (exact) mass is 235 g/mol. The number of cyclic esters (lactones) is 1. The van der Waals surface area contributed by atoms with Crippen LogP contribution in [-0.4, -0.2) is 29.6 Å². The molecule has 5 heteroatoms. The van der Waals surface area contributed by atoms with Crippen LogP contribution in [0.2, 0.25) is 0 Å². The zero-order valence-electron chi connectivity index (χ0n) is 9.18. The molecule has 0 radical (unpaired) electrons. The smallest absolute Gasteiger partial charge is 0.328 e. The number of rotatable bonds is 3. The summed E-state index contributed by atoms with van der Waals surface area (Å²) in [5.74, 6) is -0.433. The first-order valence-corrected chi connectivity index (χ1v) is 5.39. The minimum Gasteiger partial charge on any atom is -0.508 e. The number of aromatic hydroxyl groups is 1. The van der Waals surface area contributed by atoms with Crippen molar-refractivity contribution >= 4 is 11.9 Å². The summed E-state index contributed by atoms with van der Waals surface area (Å²) in [5, 5.41) is 11.7. The van der Waals surface area contributed by atoms with Crippen LogP contribution in [0, 0.1) is 0 Å². The Morgan fingerprint density at radius 1 is 1.41 bits per heavy atom. The number of carbonyl (C=O) groups is 2. The molecule has 0 aromatic heterocycles. The number of esters is 1. The van der Waals surface area contributed by atoms with Crippen molar-refractivity contribution in [1.82, 2.24) is 5.32 Å². The van der Waals surface area contributed by atoms with Crippen LogP contribution < -0.4 is 5.32 Å². The van der Waals surface area contributed by atoms with Crippen molar-refractivity contribution in [2.24, 2.45) is 0 Å². The van der Waals surface area contributed by atoms with Gasteiger partial charge in [0.2, 0.25) is 5.91 Å². The van der Waals surface area contributed by atoms with Gasteiger partial charge in [-0.2, -0.15) is 0 Å². The summed E-state index contributed by atoms with van der Waals surface area (Å²) in [5.41, 5.74) is 0.784. The highest BCUT2D eigenvalue weighted by molar-refractivity contribution is 5.86. The summed E-state index contributed by atoms with van der Waals surface area (Å²) in [6.07, 6.45) is 0.713. The molecular weight excluding hydrogens is 222 g/mol. The van der Waals surface area contributed by atoms with E-state index in [1.807, 2.05) is 0 Å². The summed E-state index contributed by atoms with van der Waals surface area (Å²) in [4.78, 5) is 22.8. The first kappa shape index (κ1) is 11.4. The molecule has 0 aliphatic carbocycles. The maximum absolute atomic E-state index is 11.6. The van der Waals surface area contributed by atoms with E-state index in [1.54, 1.807) is 12.1 Å². The van der Waals surface area contributed by atoms with Gasteiger partial charge in [-0.3, -0.25) is 4.79 Å². The van der Waals surface area contributed by atoms with E-state index < -0.39 is 6.04 Å². The molecule has 2 N–H and O–H groups in total. The lowest BCUT2D eigenvalue weighted by Gasteiger charge is -2.08. The van der Waals surface area contributed by atoms with Gasteiger partial charge in [0.05, 0.1) is 13.0 Å². The summed E-state index contributed by atoms with van der Waals surface area (Å²) in [6.45, 7) is 0.364. The van der Waals surface area contributed by atoms with E-state index in [1.165, 1.54) is 12.1 Å². The molecule has 5 nitrogen and oxygen atoms in total. The topological polar surface area (TPSA) is 75.6 Å². The molecule has 1 aliphatic heterocycles. The van der Waals surface area contributed by atoms with Crippen LogP contribution in [0.25, 0.3) is 0 Å². The number of benzene rings is 1. The highest BCUT2D eigenvalue weighted by atomic mass is 16.5. The summed E-state index contributed by atoms with van der Waals surface area (Å²) >= 11 is 0. The van der Waals surface area contributed by atoms with E-state index in [-0.39, 0.29) is 24.0 Å². The van der Waals surface area contributed by atoms with Gasteiger partial charge in [0, 0.05) is 6.42 Å². The van der Waals surface area contributed by atoms with Gasteiger partial charge in [0.1, 0.15) is 11.8 Å². The number of phenolic OH excluding ortho intramolecular Hbond substituents is 1. The molecule has 1 fully saturated rings. The van der Waals surface area contributed by atoms with Crippen molar-refractivity contribution in [2.45, 2.75) is 18.9 Å². The number of carbonyl (C=O) groups excluding carboxylic acids is 2. The number of hydrogen-bond acceptors (Lipinski definition) is 4. The van der Waals surface area contributed by atoms with Gasteiger partial charge in [0.25, 0.3) is 0 Å². The molecule has 1 aromatic rings. The Hall–Kier alpha value is -2.04. The molecule has 1 aromatic carbocycles. The second-order valence-electron chi connectivity index (χ2n) is 3.92. The maximum atomic E-state index is 11.6. The average molecular weight is 235 g/mol. The Kier molecular flexibility index (Phi) is 3.27. The Bertz CT molecular complexity index is 427. The van der Waals surface area contributed by atoms with Gasteiger partial charge in [-0.25, -0.2) is 4.79 Å². The SMILES string of the molecule is O=C(Cc1ccc(O)cc1)N[C@@H]1CCOC1=O. The molecule has 1 amide bonds. The van der Waals surface area contributed by atoms with Crippen LogP contribution in [-0.2, 0) is 20.7 Å². The van der Waals surface area contributed by atoms with Crippen LogP contribution in [0.3, 0.4) is 0 Å². The molecule has 1 atom stereocenters. The second-order valence-corrected chi connectivity index (χ2v) is 3.92. The van der Waals surface area contributed by atoms with E-state index in [0.717, 1.165) is 5.56 Å². The predicted molar refractivity (Wildman–Crippen MR) is 59.3 cm³/mol. The van der Waals surface area contributed by atoms with Crippen molar-refractivity contribution in [1.29, 1.82) is 0 Å². The van der Waals surface area contributed by atoms with Crippen molar-refractivity contribution < 1.29 is 19.4 Å². The maximum Gasteiger partial charge on any atom is 0.328 e. The number of phenols is 1. The van der Waals surface area contributed by atoms with E-state index >= 15 is 0 Å². The zero-order chi connectivity index (χ0) is 12.3. The molecule has 0 saturated carbocycles. The normalized spacial score (nSPS) is 18.8. The fraction of sp³-hybridized carbons (Fsp3) is 0.333. The fourth-order valence-electron chi connectivity index (χ4n) is 1.67. The second kappa shape index (κ2) is 4.86. The lowest BCUT2D eigenvalue weighted by Crippen LogP contribution is -2.38. The number of amides is 1. The summed E-state index contributed by atoms with van der Waals surface area (Å²) in [6, 6.07) is 5.86. The van der Waals surface area contributed by atoms with E-state index in [2.05, 4.69) is 5.32 Å². The molecule has 17 heavy (non-hydrogen) atoms. The fourth-order valence-corrected chi connectivity index (χ4v) is 1.67. The Morgan fingerprint density at radius 3 is 2.71 bits per heavy atom. The Balaban J connectivity index is 1.88. The van der Waals surface area contributed by atoms with Crippen molar-refractivity contribution in [3.05, 3.63) is 29.8 Å². The molecule has 0 spiro atoms. The highest BCUT2D eigenvalue weighted by Gasteiger charge is 2.27. The number of hydrogen-bond donors (Lipinski definition) is 2. The van der Waals surface area contributed by atoms with Crippen LogP contribution in [0.15, 0.2) is 24.3 Å². The van der Waals surface area contributed by atoms with Gasteiger partial charge in [-0.1, -0.05) is 12.1 Å². The summed E-state index contributed by atoms with van der Waals surface area (Å²) in [7, 11) is 0. The first-order valence-electron chi connectivity index (χ1n) is 5.39. The highest BCUT2D eigenvalue weighted by Crippen LogP contribution is 2.11. The molecule has 1 aliphatic rings. The number of nitrogens with one attached hydrogen (secondary N) is 1. The lowest BCUT2D eigenvalue weighted by molar-refractivity contribution is -0.141. The standard InChI is InChI=1S/C12H13NO4/c14-9-3-1-8(2-4-9)7-11(15)13-10-5-6-17-12(10)16/h1-4,10,14H,5-7H2,(H,13,15)/t10-/m1/s1. The van der Waals surface area contributed by atoms with Gasteiger partial charge in [-0.05, 0) is 17.7 Å². The van der Waals surface area contributed by atoms with Crippen molar-refractivity contribution in [2.75, 3.05) is 6.61 Å². The lowest BCUT2D eigenvalue weighted by atomic mass is 10.1. The molecule has 90 valence electrons. The van der Waals surface area contributed by atoms with Gasteiger partial charge < -0.3 is 15.2 Å². The van der Waals surface area contributed by atoms with Gasteiger partial charge in [0.15, 0.2) is 0 Å². The van der Waals surface area contributed by atoms with E-state index in [0.29, 0.717) is 13.0 Å². The van der Waals surface area contributed by atoms with Crippen LogP contribution >= 0.6 is 0 Å². The van der Waals surface area contributed by atoms with Crippen molar-refractivity contribution in [3.63, 3.8) is 0 Å². The number of ether oxygens (including phenoxy) is 1. The van der Waals surface area contributed by atoms with Crippen LogP contribution in [0.1, 0.15) is 12.0 Å². The minimum absolute atomic E-state index is 0.161. The quantitative estimate of drug-likeness (QED) is 0.742. The Morgan fingerprint density at radius 2 is 2.12 bits per heavy atom.